The molecule has 0 bridgehead atoms. The number of primary amides is 1. The molecule has 0 aliphatic heterocycles. The third-order valence-corrected chi connectivity index (χ3v) is 7.47. The van der Waals surface area contributed by atoms with Gasteiger partial charge in [0, 0.05) is 4.88 Å². The summed E-state index contributed by atoms with van der Waals surface area (Å²) < 4.78 is 5.15. The molecule has 3 rings (SSSR count). The second-order valence-corrected chi connectivity index (χ2v) is 9.53. The molecule has 1 heterocycles. The highest BCUT2D eigenvalue weighted by molar-refractivity contribution is 7.17. The minimum Gasteiger partial charge on any atom is -0.497 e. The fourth-order valence-electron chi connectivity index (χ4n) is 3.99. The number of benzene rings is 1. The van der Waals surface area contributed by atoms with E-state index in [4.69, 9.17) is 10.5 Å². The van der Waals surface area contributed by atoms with E-state index in [2.05, 4.69) is 26.1 Å². The third kappa shape index (κ3) is 4.64. The lowest BCUT2D eigenvalue weighted by molar-refractivity contribution is -0.115. The van der Waals surface area contributed by atoms with Gasteiger partial charge in [-0.05, 0) is 53.9 Å². The summed E-state index contributed by atoms with van der Waals surface area (Å²) in [5.41, 5.74) is 8.37. The number of anilines is 1. The van der Waals surface area contributed by atoms with Crippen LogP contribution in [0.3, 0.4) is 0 Å². The number of ether oxygens (including phenoxy) is 1. The number of hydrogen-bond acceptors (Lipinski definition) is 4. The molecular weight excluding hydrogens is 384 g/mol. The van der Waals surface area contributed by atoms with E-state index in [0.717, 1.165) is 42.6 Å². The van der Waals surface area contributed by atoms with E-state index in [0.29, 0.717) is 16.5 Å². The maximum absolute atomic E-state index is 12.6. The maximum atomic E-state index is 12.6. The molecule has 3 N–H and O–H groups in total. The number of nitrogens with two attached hydrogens (primary N) is 1. The highest BCUT2D eigenvalue weighted by Crippen LogP contribution is 2.45. The lowest BCUT2D eigenvalue weighted by Crippen LogP contribution is -2.29. The lowest BCUT2D eigenvalue weighted by atomic mass is 9.69. The van der Waals surface area contributed by atoms with Gasteiger partial charge in [0.25, 0.3) is 5.91 Å². The van der Waals surface area contributed by atoms with Crippen LogP contribution in [0.15, 0.2) is 24.3 Å². The fourth-order valence-corrected chi connectivity index (χ4v) is 5.34. The van der Waals surface area contributed by atoms with Crippen molar-refractivity contribution in [2.24, 2.45) is 17.1 Å². The molecular formula is C23H30N2O3S. The Morgan fingerprint density at radius 3 is 2.55 bits per heavy atom. The molecule has 1 atom stereocenters. The Morgan fingerprint density at radius 2 is 1.97 bits per heavy atom. The molecule has 1 aromatic heterocycles. The topological polar surface area (TPSA) is 81.4 Å². The Kier molecular flexibility index (Phi) is 6.32. The van der Waals surface area contributed by atoms with Gasteiger partial charge < -0.3 is 15.8 Å². The average Bonchev–Trinajstić information content (AvgIpc) is 3.05. The fraction of sp³-hybridized carbons (Fsp3) is 0.478. The molecule has 156 valence electrons. The van der Waals surface area contributed by atoms with Crippen molar-refractivity contribution in [3.8, 4) is 5.75 Å². The van der Waals surface area contributed by atoms with Crippen molar-refractivity contribution in [1.29, 1.82) is 0 Å². The molecule has 0 saturated heterocycles. The Hall–Kier alpha value is -2.34. The summed E-state index contributed by atoms with van der Waals surface area (Å²) in [4.78, 5) is 26.0. The van der Waals surface area contributed by atoms with Crippen molar-refractivity contribution in [3.05, 3.63) is 45.8 Å². The minimum atomic E-state index is -0.463. The molecule has 6 heteroatoms. The van der Waals surface area contributed by atoms with Gasteiger partial charge in [-0.3, -0.25) is 9.59 Å². The van der Waals surface area contributed by atoms with Crippen LogP contribution >= 0.6 is 11.3 Å². The van der Waals surface area contributed by atoms with E-state index in [1.807, 2.05) is 24.3 Å². The van der Waals surface area contributed by atoms with Crippen molar-refractivity contribution in [1.82, 2.24) is 0 Å². The molecule has 0 saturated carbocycles. The van der Waals surface area contributed by atoms with Crippen LogP contribution < -0.4 is 15.8 Å². The van der Waals surface area contributed by atoms with Crippen LogP contribution in [-0.4, -0.2) is 18.9 Å². The van der Waals surface area contributed by atoms with E-state index in [1.54, 1.807) is 7.11 Å². The molecule has 1 aliphatic carbocycles. The zero-order chi connectivity index (χ0) is 21.2. The predicted molar refractivity (Wildman–Crippen MR) is 118 cm³/mol. The third-order valence-electron chi connectivity index (χ3n) is 6.30. The van der Waals surface area contributed by atoms with E-state index in [9.17, 15) is 9.59 Å². The summed E-state index contributed by atoms with van der Waals surface area (Å²) in [6.07, 6.45) is 4.18. The van der Waals surface area contributed by atoms with Gasteiger partial charge in [-0.2, -0.15) is 0 Å². The molecule has 2 amide bonds. The zero-order valence-electron chi connectivity index (χ0n) is 17.6. The van der Waals surface area contributed by atoms with E-state index < -0.39 is 5.91 Å². The van der Waals surface area contributed by atoms with Gasteiger partial charge >= 0.3 is 0 Å². The van der Waals surface area contributed by atoms with Crippen molar-refractivity contribution >= 4 is 28.2 Å². The lowest BCUT2D eigenvalue weighted by Gasteiger charge is -2.36. The Labute approximate surface area is 176 Å². The number of carbonyl (C=O) groups is 2. The summed E-state index contributed by atoms with van der Waals surface area (Å²) in [7, 11) is 1.61. The van der Waals surface area contributed by atoms with E-state index in [1.165, 1.54) is 16.2 Å². The molecule has 0 spiro atoms. The minimum absolute atomic E-state index is 0.151. The summed E-state index contributed by atoms with van der Waals surface area (Å²) in [6.45, 7) is 6.84. The second kappa shape index (κ2) is 8.57. The van der Waals surface area contributed by atoms with Gasteiger partial charge in [-0.25, -0.2) is 0 Å². The first-order valence-corrected chi connectivity index (χ1v) is 10.9. The number of hydrogen-bond donors (Lipinski definition) is 2. The summed E-state index contributed by atoms with van der Waals surface area (Å²) in [6, 6.07) is 7.39. The molecule has 1 aliphatic rings. The van der Waals surface area contributed by atoms with Gasteiger partial charge in [-0.15, -0.1) is 11.3 Å². The first kappa shape index (κ1) is 21.4. The SMILES string of the molecule is CCC(C)(C)C1CCc2c(sc(NC(=O)Cc3ccc(OC)cc3)c2C(N)=O)C1. The molecule has 1 aromatic carbocycles. The second-order valence-electron chi connectivity index (χ2n) is 8.43. The van der Waals surface area contributed by atoms with Gasteiger partial charge in [0.2, 0.25) is 5.91 Å². The summed E-state index contributed by atoms with van der Waals surface area (Å²) >= 11 is 1.51. The molecule has 0 fully saturated rings. The van der Waals surface area contributed by atoms with Crippen LogP contribution in [0.25, 0.3) is 0 Å². The van der Waals surface area contributed by atoms with Gasteiger partial charge in [0.15, 0.2) is 0 Å². The van der Waals surface area contributed by atoms with E-state index in [-0.39, 0.29) is 17.7 Å². The van der Waals surface area contributed by atoms with Crippen LogP contribution in [-0.2, 0) is 24.1 Å². The van der Waals surface area contributed by atoms with Crippen LogP contribution in [0.2, 0.25) is 0 Å². The first-order valence-electron chi connectivity index (χ1n) is 10.1. The molecule has 0 radical (unpaired) electrons. The highest BCUT2D eigenvalue weighted by Gasteiger charge is 2.34. The van der Waals surface area contributed by atoms with Crippen molar-refractivity contribution in [3.63, 3.8) is 0 Å². The first-order chi connectivity index (χ1) is 13.7. The van der Waals surface area contributed by atoms with Gasteiger partial charge in [0.1, 0.15) is 10.8 Å². The number of fused-ring (bicyclic) bond motifs is 1. The quantitative estimate of drug-likeness (QED) is 0.696. The number of amides is 2. The van der Waals surface area contributed by atoms with Gasteiger partial charge in [-0.1, -0.05) is 39.3 Å². The number of rotatable bonds is 7. The Morgan fingerprint density at radius 1 is 1.28 bits per heavy atom. The Balaban J connectivity index is 1.79. The van der Waals surface area contributed by atoms with Crippen LogP contribution in [0, 0.1) is 11.3 Å². The van der Waals surface area contributed by atoms with Crippen molar-refractivity contribution < 1.29 is 14.3 Å². The number of thiophene rings is 1. The molecule has 29 heavy (non-hydrogen) atoms. The number of nitrogens with one attached hydrogen (secondary N) is 1. The monoisotopic (exact) mass is 414 g/mol. The standard InChI is InChI=1S/C23H30N2O3S/c1-5-23(2,3)15-8-11-17-18(13-15)29-22(20(17)21(24)27)25-19(26)12-14-6-9-16(28-4)10-7-14/h6-7,9-10,15H,5,8,11-13H2,1-4H3,(H2,24,27)(H,25,26). The van der Waals surface area contributed by atoms with Crippen LogP contribution in [0.5, 0.6) is 5.75 Å². The molecule has 5 nitrogen and oxygen atoms in total. The van der Waals surface area contributed by atoms with E-state index >= 15 is 0 Å². The summed E-state index contributed by atoms with van der Waals surface area (Å²) in [5.74, 6) is 0.708. The number of carbonyl (C=O) groups excluding carboxylic acids is 2. The van der Waals surface area contributed by atoms with Crippen molar-refractivity contribution in [2.75, 3.05) is 12.4 Å². The summed E-state index contributed by atoms with van der Waals surface area (Å²) in [5, 5.41) is 3.53. The zero-order valence-corrected chi connectivity index (χ0v) is 18.4. The van der Waals surface area contributed by atoms with Gasteiger partial charge in [0.05, 0.1) is 19.1 Å². The number of methoxy groups -OCH3 is 1. The van der Waals surface area contributed by atoms with Crippen LogP contribution in [0.1, 0.15) is 60.0 Å². The molecule has 2 aromatic rings. The van der Waals surface area contributed by atoms with Crippen LogP contribution in [0.4, 0.5) is 5.00 Å². The highest BCUT2D eigenvalue weighted by atomic mass is 32.1. The molecule has 1 unspecified atom stereocenters. The Bertz CT molecular complexity index is 900. The average molecular weight is 415 g/mol. The van der Waals surface area contributed by atoms with Crippen molar-refractivity contribution in [2.45, 2.75) is 52.9 Å². The largest absolute Gasteiger partial charge is 0.497 e. The predicted octanol–water partition coefficient (Wildman–Crippen LogP) is 4.58. The maximum Gasteiger partial charge on any atom is 0.251 e. The normalized spacial score (nSPS) is 16.2. The smallest absolute Gasteiger partial charge is 0.251 e.